The largest absolute Gasteiger partial charge is 0.394 e. The molecule has 0 aromatic rings. The Bertz CT molecular complexity index is 534. The van der Waals surface area contributed by atoms with Crippen LogP contribution in [0.5, 0.6) is 0 Å². The molecule has 12 heteroatoms. The molecule has 0 saturated carbocycles. The first-order valence-corrected chi connectivity index (χ1v) is 9.43. The van der Waals surface area contributed by atoms with Crippen molar-refractivity contribution in [1.29, 1.82) is 0 Å². The average Bonchev–Trinajstić information content (AvgIpc) is 2.67. The lowest BCUT2D eigenvalue weighted by atomic mass is 9.95. The standard InChI is InChI=1S/C17H31NO11/c1-6-11(22)10(18-8(3)21)13(24)16(26-6)29-15-12(23)7(2)27-17(14(15)25)28-9(4-19)5-20/h6-7,9-17,19-20,22-25H,4-5H2,1-3H3,(H,18,21)/t6-,7+,10+,11+,12+,13-,14-,15-,16-,17+/m1/s1. The van der Waals surface area contributed by atoms with Gasteiger partial charge in [-0.05, 0) is 13.8 Å². The van der Waals surface area contributed by atoms with Crippen molar-refractivity contribution in [3.63, 3.8) is 0 Å². The van der Waals surface area contributed by atoms with Gasteiger partial charge in [0.25, 0.3) is 0 Å². The van der Waals surface area contributed by atoms with Crippen molar-refractivity contribution in [2.24, 2.45) is 0 Å². The molecule has 0 spiro atoms. The average molecular weight is 425 g/mol. The van der Waals surface area contributed by atoms with Gasteiger partial charge in [-0.2, -0.15) is 0 Å². The second kappa shape index (κ2) is 10.4. The van der Waals surface area contributed by atoms with Gasteiger partial charge in [0, 0.05) is 6.92 Å². The summed E-state index contributed by atoms with van der Waals surface area (Å²) in [5, 5.41) is 62.4. The topological polar surface area (TPSA) is 187 Å². The molecule has 2 aliphatic heterocycles. The number of hydrogen-bond acceptors (Lipinski definition) is 11. The first-order valence-electron chi connectivity index (χ1n) is 9.43. The van der Waals surface area contributed by atoms with Gasteiger partial charge in [-0.3, -0.25) is 4.79 Å². The Morgan fingerprint density at radius 3 is 2.03 bits per heavy atom. The summed E-state index contributed by atoms with van der Waals surface area (Å²) in [7, 11) is 0. The number of carbonyl (C=O) groups is 1. The summed E-state index contributed by atoms with van der Waals surface area (Å²) in [6.07, 6.45) is -12.4. The Kier molecular flexibility index (Phi) is 8.72. The lowest BCUT2D eigenvalue weighted by Gasteiger charge is -2.46. The quantitative estimate of drug-likeness (QED) is 0.212. The van der Waals surface area contributed by atoms with Gasteiger partial charge in [0.2, 0.25) is 5.91 Å². The summed E-state index contributed by atoms with van der Waals surface area (Å²) in [6, 6.07) is -1.09. The van der Waals surface area contributed by atoms with Crippen LogP contribution >= 0.6 is 0 Å². The van der Waals surface area contributed by atoms with Crippen LogP contribution in [0.1, 0.15) is 20.8 Å². The SMILES string of the molecule is CC(=O)N[C@H]1[C@@H](O)[C@@H](C)O[C@H](O[C@@H]2[C@@H](O)[C@H](C)O[C@@H](OC(CO)CO)[C@@H]2O)[C@@H]1O. The molecular formula is C17H31NO11. The molecule has 2 heterocycles. The van der Waals surface area contributed by atoms with Crippen LogP contribution in [0.3, 0.4) is 0 Å². The summed E-state index contributed by atoms with van der Waals surface area (Å²) < 4.78 is 21.8. The Hall–Kier alpha value is -0.930. The Balaban J connectivity index is 2.15. The lowest BCUT2D eigenvalue weighted by molar-refractivity contribution is -0.352. The van der Waals surface area contributed by atoms with E-state index in [1.165, 1.54) is 20.8 Å². The third-order valence-corrected chi connectivity index (χ3v) is 5.02. The van der Waals surface area contributed by atoms with Crippen molar-refractivity contribution in [2.75, 3.05) is 13.2 Å². The zero-order valence-corrected chi connectivity index (χ0v) is 16.5. The Morgan fingerprint density at radius 1 is 0.931 bits per heavy atom. The van der Waals surface area contributed by atoms with Crippen molar-refractivity contribution >= 4 is 5.91 Å². The molecule has 10 atom stereocenters. The number of nitrogens with one attached hydrogen (secondary N) is 1. The minimum absolute atomic E-state index is 0.478. The van der Waals surface area contributed by atoms with E-state index in [1.807, 2.05) is 0 Å². The van der Waals surface area contributed by atoms with E-state index in [0.29, 0.717) is 0 Å². The number of carbonyl (C=O) groups excluding carboxylic acids is 1. The molecule has 2 rings (SSSR count). The van der Waals surface area contributed by atoms with Gasteiger partial charge in [0.1, 0.15) is 36.6 Å². The van der Waals surface area contributed by atoms with E-state index in [4.69, 9.17) is 29.2 Å². The van der Waals surface area contributed by atoms with Crippen LogP contribution in [0.4, 0.5) is 0 Å². The monoisotopic (exact) mass is 425 g/mol. The minimum atomic E-state index is -1.56. The van der Waals surface area contributed by atoms with Gasteiger partial charge in [-0.15, -0.1) is 0 Å². The number of ether oxygens (including phenoxy) is 4. The zero-order chi connectivity index (χ0) is 21.9. The van der Waals surface area contributed by atoms with Crippen LogP contribution in [0.25, 0.3) is 0 Å². The van der Waals surface area contributed by atoms with E-state index >= 15 is 0 Å². The molecule has 12 nitrogen and oxygen atoms in total. The maximum atomic E-state index is 11.4. The third kappa shape index (κ3) is 5.61. The first kappa shape index (κ1) is 24.3. The molecule has 7 N–H and O–H groups in total. The van der Waals surface area contributed by atoms with Crippen LogP contribution in [0.2, 0.25) is 0 Å². The molecule has 0 aromatic carbocycles. The number of aliphatic hydroxyl groups excluding tert-OH is 6. The van der Waals surface area contributed by atoms with Crippen molar-refractivity contribution in [1.82, 2.24) is 5.32 Å². The molecule has 2 aliphatic rings. The van der Waals surface area contributed by atoms with E-state index in [0.717, 1.165) is 0 Å². The highest BCUT2D eigenvalue weighted by molar-refractivity contribution is 5.73. The molecular weight excluding hydrogens is 394 g/mol. The van der Waals surface area contributed by atoms with Crippen LogP contribution in [0.15, 0.2) is 0 Å². The van der Waals surface area contributed by atoms with Crippen molar-refractivity contribution < 1.29 is 54.4 Å². The Morgan fingerprint density at radius 2 is 1.48 bits per heavy atom. The number of amides is 1. The van der Waals surface area contributed by atoms with Gasteiger partial charge < -0.3 is 54.9 Å². The maximum Gasteiger partial charge on any atom is 0.217 e. The highest BCUT2D eigenvalue weighted by Gasteiger charge is 2.50. The Labute approximate surface area is 167 Å². The fourth-order valence-corrected chi connectivity index (χ4v) is 3.31. The van der Waals surface area contributed by atoms with E-state index < -0.39 is 86.6 Å². The summed E-state index contributed by atoms with van der Waals surface area (Å²) >= 11 is 0. The predicted molar refractivity (Wildman–Crippen MR) is 94.2 cm³/mol. The number of rotatable bonds is 7. The highest BCUT2D eigenvalue weighted by Crippen LogP contribution is 2.29. The second-order valence-corrected chi connectivity index (χ2v) is 7.33. The van der Waals surface area contributed by atoms with Gasteiger partial charge >= 0.3 is 0 Å². The maximum absolute atomic E-state index is 11.4. The van der Waals surface area contributed by atoms with Crippen molar-refractivity contribution in [2.45, 2.75) is 88.2 Å². The number of aliphatic hydroxyl groups is 6. The van der Waals surface area contributed by atoms with Gasteiger partial charge in [-0.1, -0.05) is 0 Å². The van der Waals surface area contributed by atoms with Gasteiger partial charge in [0.15, 0.2) is 12.6 Å². The van der Waals surface area contributed by atoms with Crippen molar-refractivity contribution in [3.05, 3.63) is 0 Å². The molecule has 1 amide bonds. The summed E-state index contributed by atoms with van der Waals surface area (Å²) in [5.74, 6) is -0.478. The van der Waals surface area contributed by atoms with E-state index in [-0.39, 0.29) is 0 Å². The third-order valence-electron chi connectivity index (χ3n) is 5.02. The first-order chi connectivity index (χ1) is 13.6. The molecule has 0 radical (unpaired) electrons. The predicted octanol–water partition coefficient (Wildman–Crippen LogP) is -3.82. The minimum Gasteiger partial charge on any atom is -0.394 e. The highest BCUT2D eigenvalue weighted by atomic mass is 16.7. The zero-order valence-electron chi connectivity index (χ0n) is 16.5. The molecule has 170 valence electrons. The molecule has 0 aliphatic carbocycles. The van der Waals surface area contributed by atoms with Crippen LogP contribution in [0, 0.1) is 0 Å². The molecule has 29 heavy (non-hydrogen) atoms. The fourth-order valence-electron chi connectivity index (χ4n) is 3.31. The second-order valence-electron chi connectivity index (χ2n) is 7.33. The summed E-state index contributed by atoms with van der Waals surface area (Å²) in [5.41, 5.74) is 0. The van der Waals surface area contributed by atoms with Crippen LogP contribution in [-0.2, 0) is 23.7 Å². The van der Waals surface area contributed by atoms with Gasteiger partial charge in [0.05, 0.1) is 31.5 Å². The fraction of sp³-hybridized carbons (Fsp3) is 0.941. The van der Waals surface area contributed by atoms with E-state index in [9.17, 15) is 25.2 Å². The molecule has 0 aromatic heterocycles. The van der Waals surface area contributed by atoms with E-state index in [2.05, 4.69) is 5.32 Å². The lowest BCUT2D eigenvalue weighted by Crippen LogP contribution is -2.66. The summed E-state index contributed by atoms with van der Waals surface area (Å²) in [4.78, 5) is 11.4. The van der Waals surface area contributed by atoms with Crippen LogP contribution in [-0.4, -0.2) is 117 Å². The number of hydrogen-bond donors (Lipinski definition) is 7. The smallest absolute Gasteiger partial charge is 0.217 e. The van der Waals surface area contributed by atoms with E-state index in [1.54, 1.807) is 0 Å². The summed E-state index contributed by atoms with van der Waals surface area (Å²) in [6.45, 7) is 3.19. The molecule has 0 bridgehead atoms. The molecule has 2 fully saturated rings. The van der Waals surface area contributed by atoms with Crippen LogP contribution < -0.4 is 5.32 Å². The normalized spacial score (nSPS) is 43.4. The van der Waals surface area contributed by atoms with Gasteiger partial charge in [-0.25, -0.2) is 0 Å². The molecule has 0 unspecified atom stereocenters. The van der Waals surface area contributed by atoms with Crippen molar-refractivity contribution in [3.8, 4) is 0 Å². The molecule has 2 saturated heterocycles.